The third kappa shape index (κ3) is 4.33. The van der Waals surface area contributed by atoms with Crippen LogP contribution in [0.15, 0.2) is 16.7 Å². The predicted molar refractivity (Wildman–Crippen MR) is 102 cm³/mol. The van der Waals surface area contributed by atoms with Gasteiger partial charge in [0.15, 0.2) is 11.9 Å². The third-order valence-corrected chi connectivity index (χ3v) is 5.16. The normalized spacial score (nSPS) is 19.6. The number of piperazine rings is 1. The van der Waals surface area contributed by atoms with Gasteiger partial charge in [0, 0.05) is 39.4 Å². The summed E-state index contributed by atoms with van der Waals surface area (Å²) in [6.07, 6.45) is 0.255. The Bertz CT molecular complexity index is 881. The third-order valence-electron chi connectivity index (χ3n) is 5.16. The van der Waals surface area contributed by atoms with Crippen LogP contribution in [0.1, 0.15) is 17.8 Å². The number of ether oxygens (including phenoxy) is 2. The molecule has 9 nitrogen and oxygen atoms in total. The van der Waals surface area contributed by atoms with Crippen LogP contribution in [0, 0.1) is 5.82 Å². The van der Waals surface area contributed by atoms with Crippen LogP contribution >= 0.6 is 0 Å². The van der Waals surface area contributed by atoms with E-state index in [-0.39, 0.29) is 24.3 Å². The van der Waals surface area contributed by atoms with Crippen molar-refractivity contribution in [2.75, 3.05) is 50.6 Å². The number of hydrogen-bond donors (Lipinski definition) is 1. The summed E-state index contributed by atoms with van der Waals surface area (Å²) >= 11 is 0. The molecule has 0 saturated carbocycles. The molecule has 1 unspecified atom stereocenters. The van der Waals surface area contributed by atoms with E-state index in [1.165, 1.54) is 19.2 Å². The van der Waals surface area contributed by atoms with E-state index in [1.807, 2.05) is 0 Å². The van der Waals surface area contributed by atoms with Gasteiger partial charge in [-0.2, -0.15) is 4.98 Å². The summed E-state index contributed by atoms with van der Waals surface area (Å²) in [4.78, 5) is 21.0. The lowest BCUT2D eigenvalue weighted by Crippen LogP contribution is -2.45. The van der Waals surface area contributed by atoms with Gasteiger partial charge < -0.3 is 23.8 Å². The molecule has 1 amide bonds. The summed E-state index contributed by atoms with van der Waals surface area (Å²) in [5, 5.41) is 6.30. The van der Waals surface area contributed by atoms with Crippen LogP contribution in [0.3, 0.4) is 0 Å². The Morgan fingerprint density at radius 1 is 1.34 bits per heavy atom. The Kier molecular flexibility index (Phi) is 5.63. The molecule has 1 fully saturated rings. The van der Waals surface area contributed by atoms with E-state index in [2.05, 4.69) is 32.3 Å². The number of hydrogen-bond acceptors (Lipinski definition) is 8. The van der Waals surface area contributed by atoms with Crippen molar-refractivity contribution in [1.29, 1.82) is 0 Å². The fraction of sp³-hybridized carbons (Fsp3) is 0.526. The average molecular weight is 405 g/mol. The molecular weight excluding hydrogens is 381 g/mol. The molecule has 0 aliphatic carbocycles. The lowest BCUT2D eigenvalue weighted by molar-refractivity contribution is -0.123. The van der Waals surface area contributed by atoms with E-state index in [4.69, 9.17) is 14.0 Å². The lowest BCUT2D eigenvalue weighted by atomic mass is 10.00. The van der Waals surface area contributed by atoms with Crippen molar-refractivity contribution in [3.63, 3.8) is 0 Å². The molecule has 1 saturated heterocycles. The van der Waals surface area contributed by atoms with E-state index < -0.39 is 6.10 Å². The quantitative estimate of drug-likeness (QED) is 0.799. The summed E-state index contributed by atoms with van der Waals surface area (Å²) in [6, 6.07) is 2.96. The number of carbonyl (C=O) groups is 1. The predicted octanol–water partition coefficient (Wildman–Crippen LogP) is 1.44. The highest BCUT2D eigenvalue weighted by atomic mass is 19.1. The van der Waals surface area contributed by atoms with Gasteiger partial charge in [-0.15, -0.1) is 0 Å². The van der Waals surface area contributed by atoms with Crippen LogP contribution in [-0.2, 0) is 22.6 Å². The first-order valence-electron chi connectivity index (χ1n) is 9.58. The highest BCUT2D eigenvalue weighted by Crippen LogP contribution is 2.38. The molecule has 2 aromatic rings. The molecule has 0 spiro atoms. The second-order valence-corrected chi connectivity index (χ2v) is 7.29. The summed E-state index contributed by atoms with van der Waals surface area (Å²) in [6.45, 7) is 3.51. The van der Waals surface area contributed by atoms with Crippen molar-refractivity contribution in [3.05, 3.63) is 29.3 Å². The first-order valence-corrected chi connectivity index (χ1v) is 9.58. The summed E-state index contributed by atoms with van der Waals surface area (Å²) in [5.41, 5.74) is 1.48. The Morgan fingerprint density at radius 2 is 2.14 bits per heavy atom. The Hall–Kier alpha value is -2.72. The van der Waals surface area contributed by atoms with Gasteiger partial charge in [0.1, 0.15) is 18.2 Å². The zero-order valence-corrected chi connectivity index (χ0v) is 16.5. The van der Waals surface area contributed by atoms with Gasteiger partial charge in [-0.25, -0.2) is 4.39 Å². The van der Waals surface area contributed by atoms with Crippen LogP contribution in [0.4, 0.5) is 16.1 Å². The van der Waals surface area contributed by atoms with Crippen molar-refractivity contribution < 1.29 is 23.2 Å². The summed E-state index contributed by atoms with van der Waals surface area (Å²) < 4.78 is 30.2. The second kappa shape index (κ2) is 8.34. The molecule has 1 atom stereocenters. The number of rotatable bonds is 5. The van der Waals surface area contributed by atoms with E-state index in [0.717, 1.165) is 31.7 Å². The van der Waals surface area contributed by atoms with E-state index in [9.17, 15) is 9.18 Å². The minimum atomic E-state index is -0.725. The number of fused-ring (bicyclic) bond motifs is 1. The van der Waals surface area contributed by atoms with E-state index in [1.54, 1.807) is 0 Å². The maximum atomic E-state index is 14.2. The number of benzene rings is 1. The fourth-order valence-electron chi connectivity index (χ4n) is 3.59. The highest BCUT2D eigenvalue weighted by Gasteiger charge is 2.31. The van der Waals surface area contributed by atoms with Gasteiger partial charge in [-0.3, -0.25) is 10.1 Å². The van der Waals surface area contributed by atoms with Crippen LogP contribution in [0.5, 0.6) is 5.75 Å². The van der Waals surface area contributed by atoms with Crippen molar-refractivity contribution in [2.45, 2.75) is 25.6 Å². The van der Waals surface area contributed by atoms with Crippen LogP contribution in [0.2, 0.25) is 0 Å². The molecule has 1 aromatic heterocycles. The molecule has 4 rings (SSSR count). The van der Waals surface area contributed by atoms with Crippen molar-refractivity contribution in [2.24, 2.45) is 0 Å². The van der Waals surface area contributed by atoms with Gasteiger partial charge in [-0.05, 0) is 31.5 Å². The van der Waals surface area contributed by atoms with Gasteiger partial charge in [0.25, 0.3) is 5.91 Å². The number of halogens is 1. The molecule has 156 valence electrons. The maximum absolute atomic E-state index is 14.2. The zero-order chi connectivity index (χ0) is 20.4. The first-order chi connectivity index (χ1) is 14.0. The largest absolute Gasteiger partial charge is 0.478 e. The molecular formula is C19H24FN5O4. The van der Waals surface area contributed by atoms with Crippen molar-refractivity contribution in [1.82, 2.24) is 15.0 Å². The minimum Gasteiger partial charge on any atom is -0.478 e. The van der Waals surface area contributed by atoms with Crippen LogP contribution in [-0.4, -0.2) is 67.4 Å². The zero-order valence-electron chi connectivity index (χ0n) is 16.5. The maximum Gasteiger partial charge on any atom is 0.328 e. The molecule has 10 heteroatoms. The smallest absolute Gasteiger partial charge is 0.328 e. The van der Waals surface area contributed by atoms with E-state index in [0.29, 0.717) is 30.1 Å². The Balaban J connectivity index is 1.50. The monoisotopic (exact) mass is 405 g/mol. The Morgan fingerprint density at radius 3 is 2.90 bits per heavy atom. The van der Waals surface area contributed by atoms with Gasteiger partial charge >= 0.3 is 6.01 Å². The number of likely N-dealkylation sites (N-methyl/N-ethyl adjacent to an activating group) is 1. The molecule has 2 aliphatic heterocycles. The SMILES string of the molecule is COCc1noc(NC(=O)C2CCc3cc(F)cc(N4CCN(C)CC4)c3O2)n1. The molecule has 3 heterocycles. The molecule has 1 N–H and O–H groups in total. The number of aryl methyl sites for hydroxylation is 1. The standard InChI is InChI=1S/C19H24FN5O4/c1-24-5-7-25(8-6-24)14-10-13(20)9-12-3-4-15(28-17(12)14)18(26)22-19-21-16(11-27-2)23-29-19/h9-10,15H,3-8,11H2,1-2H3,(H,21,22,23,26). The number of aromatic nitrogens is 2. The molecule has 2 aliphatic rings. The molecule has 0 bridgehead atoms. The number of methoxy groups -OCH3 is 1. The van der Waals surface area contributed by atoms with Gasteiger partial charge in [0.2, 0.25) is 0 Å². The number of amides is 1. The number of nitrogens with zero attached hydrogens (tertiary/aromatic N) is 4. The number of carbonyl (C=O) groups excluding carboxylic acids is 1. The topological polar surface area (TPSA) is 93.0 Å². The number of anilines is 2. The van der Waals surface area contributed by atoms with Crippen LogP contribution in [0.25, 0.3) is 0 Å². The first kappa shape index (κ1) is 19.6. The van der Waals surface area contributed by atoms with Crippen molar-refractivity contribution in [3.8, 4) is 5.75 Å². The molecule has 29 heavy (non-hydrogen) atoms. The minimum absolute atomic E-state index is 0.00477. The summed E-state index contributed by atoms with van der Waals surface area (Å²) in [7, 11) is 3.58. The lowest BCUT2D eigenvalue weighted by Gasteiger charge is -2.36. The van der Waals surface area contributed by atoms with Crippen molar-refractivity contribution >= 4 is 17.6 Å². The molecule has 1 aromatic carbocycles. The number of nitrogens with one attached hydrogen (secondary N) is 1. The van der Waals surface area contributed by atoms with Crippen LogP contribution < -0.4 is 15.0 Å². The average Bonchev–Trinajstić information content (AvgIpc) is 3.15. The molecule has 0 radical (unpaired) electrons. The summed E-state index contributed by atoms with van der Waals surface area (Å²) in [5.74, 6) is 0.246. The fourth-order valence-corrected chi connectivity index (χ4v) is 3.59. The van der Waals surface area contributed by atoms with Gasteiger partial charge in [-0.1, -0.05) is 5.16 Å². The second-order valence-electron chi connectivity index (χ2n) is 7.29. The van der Waals surface area contributed by atoms with Gasteiger partial charge in [0.05, 0.1) is 5.69 Å². The highest BCUT2D eigenvalue weighted by molar-refractivity contribution is 5.93. The van der Waals surface area contributed by atoms with E-state index >= 15 is 0 Å². The Labute approximate surface area is 167 Å².